The molecule has 1 fully saturated rings. The van der Waals surface area contributed by atoms with Gasteiger partial charge in [-0.15, -0.1) is 0 Å². The summed E-state index contributed by atoms with van der Waals surface area (Å²) in [5, 5.41) is 10.9. The van der Waals surface area contributed by atoms with Crippen LogP contribution in [0.1, 0.15) is 23.2 Å². The molecule has 1 amide bonds. The highest BCUT2D eigenvalue weighted by molar-refractivity contribution is 7.99. The molecular weight excluding hydrogens is 428 g/mol. The van der Waals surface area contributed by atoms with Crippen molar-refractivity contribution in [1.82, 2.24) is 25.4 Å². The van der Waals surface area contributed by atoms with E-state index in [0.717, 1.165) is 43.4 Å². The fourth-order valence-corrected chi connectivity index (χ4v) is 4.34. The van der Waals surface area contributed by atoms with Crippen molar-refractivity contribution in [1.29, 1.82) is 0 Å². The number of nitrogen functional groups attached to an aromatic ring is 1. The average Bonchev–Trinajstić information content (AvgIpc) is 3.27. The molecule has 30 heavy (non-hydrogen) atoms. The SMILES string of the molecule is COc1cc(N)c(Cl)cc1C(=O)NC1CCN(CCCSc2ncn[nH]2)CC1OC. The summed E-state index contributed by atoms with van der Waals surface area (Å²) in [7, 11) is 3.17. The minimum atomic E-state index is -0.252. The van der Waals surface area contributed by atoms with Gasteiger partial charge in [-0.2, -0.15) is 5.10 Å². The number of nitrogens with one attached hydrogen (secondary N) is 2. The second kappa shape index (κ2) is 10.9. The molecule has 2 atom stereocenters. The van der Waals surface area contributed by atoms with E-state index in [-0.39, 0.29) is 18.1 Å². The van der Waals surface area contributed by atoms with Crippen molar-refractivity contribution in [2.75, 3.05) is 45.3 Å². The Morgan fingerprint density at radius 3 is 3.00 bits per heavy atom. The summed E-state index contributed by atoms with van der Waals surface area (Å²) in [5.41, 5.74) is 6.54. The van der Waals surface area contributed by atoms with Crippen LogP contribution >= 0.6 is 23.4 Å². The summed E-state index contributed by atoms with van der Waals surface area (Å²) in [6.07, 6.45) is 3.24. The first-order valence-corrected chi connectivity index (χ1v) is 11.0. The number of piperidine rings is 1. The number of nitrogens with zero attached hydrogens (tertiary/aromatic N) is 3. The topological polar surface area (TPSA) is 118 Å². The Kier molecular flexibility index (Phi) is 8.20. The number of likely N-dealkylation sites (tertiary alicyclic amines) is 1. The van der Waals surface area contributed by atoms with Crippen LogP contribution in [0.2, 0.25) is 5.02 Å². The summed E-state index contributed by atoms with van der Waals surface area (Å²) in [6, 6.07) is 3.00. The van der Waals surface area contributed by atoms with Crippen LogP contribution in [0.4, 0.5) is 5.69 Å². The predicted molar refractivity (Wildman–Crippen MR) is 117 cm³/mol. The molecule has 4 N–H and O–H groups in total. The summed E-state index contributed by atoms with van der Waals surface area (Å²) in [4.78, 5) is 19.3. The lowest BCUT2D eigenvalue weighted by Gasteiger charge is -2.38. The third-order valence-electron chi connectivity index (χ3n) is 5.08. The van der Waals surface area contributed by atoms with Gasteiger partial charge >= 0.3 is 0 Å². The Balaban J connectivity index is 1.51. The highest BCUT2D eigenvalue weighted by atomic mass is 35.5. The fraction of sp³-hybridized carbons (Fsp3) is 0.526. The molecule has 1 saturated heterocycles. The monoisotopic (exact) mass is 454 g/mol. The summed E-state index contributed by atoms with van der Waals surface area (Å²) in [6.45, 7) is 2.61. The van der Waals surface area contributed by atoms with Gasteiger partial charge in [0.2, 0.25) is 0 Å². The van der Waals surface area contributed by atoms with Crippen molar-refractivity contribution in [2.45, 2.75) is 30.1 Å². The number of methoxy groups -OCH3 is 2. The number of amides is 1. The fourth-order valence-electron chi connectivity index (χ4n) is 3.47. The zero-order valence-corrected chi connectivity index (χ0v) is 18.6. The van der Waals surface area contributed by atoms with Crippen molar-refractivity contribution in [3.8, 4) is 5.75 Å². The number of benzene rings is 1. The van der Waals surface area contributed by atoms with Crippen LogP contribution in [-0.4, -0.2) is 77.7 Å². The van der Waals surface area contributed by atoms with Gasteiger partial charge in [-0.05, 0) is 25.5 Å². The molecule has 164 valence electrons. The number of ether oxygens (including phenoxy) is 2. The number of halogens is 1. The van der Waals surface area contributed by atoms with Gasteiger partial charge in [0.15, 0.2) is 5.16 Å². The minimum Gasteiger partial charge on any atom is -0.496 e. The van der Waals surface area contributed by atoms with Gasteiger partial charge in [0.05, 0.1) is 35.5 Å². The zero-order chi connectivity index (χ0) is 21.5. The van der Waals surface area contributed by atoms with Crippen LogP contribution in [-0.2, 0) is 4.74 Å². The Hall–Kier alpha value is -2.01. The van der Waals surface area contributed by atoms with E-state index in [1.54, 1.807) is 24.9 Å². The Morgan fingerprint density at radius 2 is 2.30 bits per heavy atom. The van der Waals surface area contributed by atoms with Crippen LogP contribution in [0, 0.1) is 0 Å². The molecule has 1 aromatic carbocycles. The molecule has 1 aliphatic heterocycles. The lowest BCUT2D eigenvalue weighted by atomic mass is 10.0. The molecule has 3 rings (SSSR count). The first kappa shape index (κ1) is 22.7. The normalized spacial score (nSPS) is 19.6. The molecule has 0 aliphatic carbocycles. The Bertz CT molecular complexity index is 838. The molecule has 2 heterocycles. The van der Waals surface area contributed by atoms with Gasteiger partial charge in [0.1, 0.15) is 12.1 Å². The van der Waals surface area contributed by atoms with Crippen molar-refractivity contribution < 1.29 is 14.3 Å². The first-order chi connectivity index (χ1) is 14.5. The van der Waals surface area contributed by atoms with Crippen LogP contribution in [0.25, 0.3) is 0 Å². The molecular formula is C19H27ClN6O3S. The van der Waals surface area contributed by atoms with Gasteiger partial charge in [-0.25, -0.2) is 4.98 Å². The number of H-pyrrole nitrogens is 1. The van der Waals surface area contributed by atoms with Crippen LogP contribution in [0.3, 0.4) is 0 Å². The van der Waals surface area contributed by atoms with Crippen LogP contribution < -0.4 is 15.8 Å². The number of hydrogen-bond donors (Lipinski definition) is 3. The summed E-state index contributed by atoms with van der Waals surface area (Å²) >= 11 is 7.75. The average molecular weight is 455 g/mol. The first-order valence-electron chi connectivity index (χ1n) is 9.69. The number of hydrogen-bond acceptors (Lipinski definition) is 8. The van der Waals surface area contributed by atoms with Crippen molar-refractivity contribution in [3.05, 3.63) is 29.0 Å². The lowest BCUT2D eigenvalue weighted by Crippen LogP contribution is -2.55. The molecule has 9 nitrogen and oxygen atoms in total. The summed E-state index contributed by atoms with van der Waals surface area (Å²) < 4.78 is 11.0. The quantitative estimate of drug-likeness (QED) is 0.299. The van der Waals surface area contributed by atoms with E-state index in [1.807, 2.05) is 0 Å². The van der Waals surface area contributed by atoms with E-state index in [1.165, 1.54) is 19.5 Å². The molecule has 0 radical (unpaired) electrons. The van der Waals surface area contributed by atoms with Gasteiger partial charge in [-0.1, -0.05) is 23.4 Å². The maximum Gasteiger partial charge on any atom is 0.255 e. The van der Waals surface area contributed by atoms with E-state index in [2.05, 4.69) is 25.4 Å². The second-order valence-corrected chi connectivity index (χ2v) is 8.50. The molecule has 11 heteroatoms. The molecule has 0 bridgehead atoms. The van der Waals surface area contributed by atoms with Crippen molar-refractivity contribution in [2.24, 2.45) is 0 Å². The maximum atomic E-state index is 12.8. The van der Waals surface area contributed by atoms with Gasteiger partial charge in [0, 0.05) is 32.0 Å². The third kappa shape index (κ3) is 5.78. The van der Waals surface area contributed by atoms with Gasteiger partial charge in [0.25, 0.3) is 5.91 Å². The van der Waals surface area contributed by atoms with E-state index in [0.29, 0.717) is 22.0 Å². The van der Waals surface area contributed by atoms with Crippen LogP contribution in [0.5, 0.6) is 5.75 Å². The number of nitrogens with two attached hydrogens (primary N) is 1. The van der Waals surface area contributed by atoms with E-state index >= 15 is 0 Å². The smallest absolute Gasteiger partial charge is 0.255 e. The van der Waals surface area contributed by atoms with Gasteiger partial charge in [-0.3, -0.25) is 9.89 Å². The van der Waals surface area contributed by atoms with Crippen molar-refractivity contribution >= 4 is 35.0 Å². The van der Waals surface area contributed by atoms with E-state index < -0.39 is 0 Å². The van der Waals surface area contributed by atoms with Crippen LogP contribution in [0.15, 0.2) is 23.6 Å². The highest BCUT2D eigenvalue weighted by Gasteiger charge is 2.31. The Morgan fingerprint density at radius 1 is 1.47 bits per heavy atom. The number of aromatic amines is 1. The Labute approximate surface area is 185 Å². The second-order valence-electron chi connectivity index (χ2n) is 7.01. The number of aromatic nitrogens is 3. The molecule has 1 aromatic heterocycles. The maximum absolute atomic E-state index is 12.8. The lowest BCUT2D eigenvalue weighted by molar-refractivity contribution is 0.00655. The number of carbonyl (C=O) groups is 1. The molecule has 2 aromatic rings. The number of rotatable bonds is 9. The van der Waals surface area contributed by atoms with Crippen molar-refractivity contribution in [3.63, 3.8) is 0 Å². The molecule has 1 aliphatic rings. The third-order valence-corrected chi connectivity index (χ3v) is 6.37. The number of thioether (sulfide) groups is 1. The predicted octanol–water partition coefficient (Wildman–Crippen LogP) is 2.05. The van der Waals surface area contributed by atoms with E-state index in [9.17, 15) is 4.79 Å². The standard InChI is InChI=1S/C19H27ClN6O3S/c1-28-16-9-14(21)13(20)8-12(16)18(27)24-15-4-6-26(10-17(15)29-2)5-3-7-30-19-22-11-23-25-19/h8-9,11,15,17H,3-7,10,21H2,1-2H3,(H,24,27)(H,22,23,25). The summed E-state index contributed by atoms with van der Waals surface area (Å²) in [5.74, 6) is 1.10. The number of anilines is 1. The number of carbonyl (C=O) groups excluding carboxylic acids is 1. The minimum absolute atomic E-state index is 0.0941. The molecule has 0 spiro atoms. The molecule has 2 unspecified atom stereocenters. The van der Waals surface area contributed by atoms with Gasteiger partial charge < -0.3 is 25.4 Å². The van der Waals surface area contributed by atoms with E-state index in [4.69, 9.17) is 26.8 Å². The molecule has 0 saturated carbocycles. The highest BCUT2D eigenvalue weighted by Crippen LogP contribution is 2.29. The largest absolute Gasteiger partial charge is 0.496 e. The zero-order valence-electron chi connectivity index (χ0n) is 17.1.